The van der Waals surface area contributed by atoms with E-state index < -0.39 is 0 Å². The maximum atomic E-state index is 4.65. The molecule has 0 N–H and O–H groups in total. The third kappa shape index (κ3) is 3.36. The van der Waals surface area contributed by atoms with Gasteiger partial charge in [-0.3, -0.25) is 0 Å². The second-order valence-corrected chi connectivity index (χ2v) is 10.1. The van der Waals surface area contributed by atoms with E-state index in [1.807, 2.05) is 0 Å². The molecule has 0 bridgehead atoms. The van der Waals surface area contributed by atoms with Crippen LogP contribution >= 0.6 is 0 Å². The number of allylic oxidation sites excluding steroid dienone is 8. The second kappa shape index (κ2) is 8.10. The van der Waals surface area contributed by atoms with Crippen molar-refractivity contribution in [3.8, 4) is 0 Å². The molecule has 0 aromatic heterocycles. The summed E-state index contributed by atoms with van der Waals surface area (Å²) < 4.78 is 0. The van der Waals surface area contributed by atoms with Crippen molar-refractivity contribution in [1.29, 1.82) is 0 Å². The van der Waals surface area contributed by atoms with Crippen LogP contribution in [0.2, 0.25) is 0 Å². The van der Waals surface area contributed by atoms with Crippen LogP contribution in [0, 0.1) is 32.6 Å². The summed E-state index contributed by atoms with van der Waals surface area (Å²) in [4.78, 5) is 0. The van der Waals surface area contributed by atoms with E-state index in [1.54, 1.807) is 0 Å². The summed E-state index contributed by atoms with van der Waals surface area (Å²) in [5, 5.41) is 0. The van der Waals surface area contributed by atoms with E-state index in [1.165, 1.54) is 61.2 Å². The highest BCUT2D eigenvalue weighted by Crippen LogP contribution is 2.54. The molecule has 170 valence electrons. The minimum absolute atomic E-state index is 0.406. The second-order valence-electron chi connectivity index (χ2n) is 10.1. The molecule has 2 atom stereocenters. The van der Waals surface area contributed by atoms with Crippen LogP contribution in [0.4, 0.5) is 0 Å². The molecule has 0 nitrogen and oxygen atoms in total. The molecule has 6 rings (SSSR count). The van der Waals surface area contributed by atoms with Gasteiger partial charge in [0.1, 0.15) is 0 Å². The molecule has 3 aromatic rings. The highest BCUT2D eigenvalue weighted by Gasteiger charge is 2.38. The predicted molar refractivity (Wildman–Crippen MR) is 151 cm³/mol. The molecule has 0 fully saturated rings. The highest BCUT2D eigenvalue weighted by atomic mass is 14.4. The lowest BCUT2D eigenvalue weighted by atomic mass is 9.78. The van der Waals surface area contributed by atoms with Gasteiger partial charge in [0, 0.05) is 11.8 Å². The summed E-state index contributed by atoms with van der Waals surface area (Å²) in [6, 6.07) is 19.9. The minimum Gasteiger partial charge on any atom is -0.0905 e. The monoisotopic (exact) mass is 450 g/mol. The van der Waals surface area contributed by atoms with Crippen molar-refractivity contribution in [3.05, 3.63) is 154 Å². The topological polar surface area (TPSA) is 0 Å². The number of hydrogen-bond acceptors (Lipinski definition) is 0. The summed E-state index contributed by atoms with van der Waals surface area (Å²) in [7, 11) is 0. The Hall–Kier alpha value is -3.90. The summed E-state index contributed by atoms with van der Waals surface area (Å²) in [5.41, 5.74) is 16.1. The van der Waals surface area contributed by atoms with Crippen LogP contribution in [0.25, 0.3) is 22.3 Å². The zero-order valence-electron chi connectivity index (χ0n) is 20.7. The SMILES string of the molecule is C=C(c1ccccc1C)c1cc2c(cc1C(=C)c1cc(C)ccc1C)C1=CC=CC3C=CC=C2C13. The lowest BCUT2D eigenvalue weighted by Gasteiger charge is -2.25. The Morgan fingerprint density at radius 1 is 0.629 bits per heavy atom. The van der Waals surface area contributed by atoms with E-state index in [-0.39, 0.29) is 0 Å². The quantitative estimate of drug-likeness (QED) is 0.372. The van der Waals surface area contributed by atoms with Crippen molar-refractivity contribution in [2.24, 2.45) is 11.8 Å². The third-order valence-electron chi connectivity index (χ3n) is 7.89. The molecule has 0 amide bonds. The Labute approximate surface area is 209 Å². The minimum atomic E-state index is 0.406. The molecule has 0 aliphatic heterocycles. The van der Waals surface area contributed by atoms with Gasteiger partial charge in [0.15, 0.2) is 0 Å². The number of hydrogen-bond donors (Lipinski definition) is 0. The molecule has 0 radical (unpaired) electrons. The summed E-state index contributed by atoms with van der Waals surface area (Å²) in [6.07, 6.45) is 13.7. The summed E-state index contributed by atoms with van der Waals surface area (Å²) >= 11 is 0. The van der Waals surface area contributed by atoms with Crippen molar-refractivity contribution in [2.45, 2.75) is 20.8 Å². The number of fused-ring (bicyclic) bond motifs is 3. The van der Waals surface area contributed by atoms with Gasteiger partial charge in [-0.2, -0.15) is 0 Å². The molecule has 2 unspecified atom stereocenters. The lowest BCUT2D eigenvalue weighted by Crippen LogP contribution is -2.13. The first-order valence-electron chi connectivity index (χ1n) is 12.4. The average molecular weight is 451 g/mol. The standard InChI is InChI=1S/C35H30/c1-21-16-17-23(3)30(18-21)25(5)32-20-34-29-15-9-12-26-11-8-14-28(35(26)29)33(34)19-31(32)24(4)27-13-7-6-10-22(27)2/h6-20,26,35H,4-5H2,1-3H3. The molecule has 3 aliphatic rings. The molecular formula is C35H30. The van der Waals surface area contributed by atoms with Crippen LogP contribution in [0.5, 0.6) is 0 Å². The van der Waals surface area contributed by atoms with Crippen molar-refractivity contribution in [3.63, 3.8) is 0 Å². The van der Waals surface area contributed by atoms with Gasteiger partial charge in [0.25, 0.3) is 0 Å². The number of aryl methyl sites for hydroxylation is 3. The van der Waals surface area contributed by atoms with Gasteiger partial charge in [-0.05, 0) is 99.7 Å². The van der Waals surface area contributed by atoms with Crippen LogP contribution < -0.4 is 0 Å². The lowest BCUT2D eigenvalue weighted by molar-refractivity contribution is 0.707. The van der Waals surface area contributed by atoms with Gasteiger partial charge >= 0.3 is 0 Å². The average Bonchev–Trinajstić information content (AvgIpc) is 3.19. The first-order chi connectivity index (χ1) is 16.9. The van der Waals surface area contributed by atoms with Gasteiger partial charge < -0.3 is 0 Å². The van der Waals surface area contributed by atoms with Crippen LogP contribution in [-0.4, -0.2) is 0 Å². The van der Waals surface area contributed by atoms with Gasteiger partial charge in [0.2, 0.25) is 0 Å². The van der Waals surface area contributed by atoms with Crippen LogP contribution in [-0.2, 0) is 0 Å². The largest absolute Gasteiger partial charge is 0.0905 e. The van der Waals surface area contributed by atoms with Gasteiger partial charge in [0.05, 0.1) is 0 Å². The Morgan fingerprint density at radius 3 is 1.83 bits per heavy atom. The molecule has 35 heavy (non-hydrogen) atoms. The fourth-order valence-electron chi connectivity index (χ4n) is 6.00. The Balaban J connectivity index is 1.61. The van der Waals surface area contributed by atoms with Crippen molar-refractivity contribution < 1.29 is 0 Å². The van der Waals surface area contributed by atoms with Crippen molar-refractivity contribution in [1.82, 2.24) is 0 Å². The smallest absolute Gasteiger partial charge is 0.0199 e. The van der Waals surface area contributed by atoms with Crippen molar-refractivity contribution >= 4 is 22.3 Å². The fourth-order valence-corrected chi connectivity index (χ4v) is 6.00. The Kier molecular flexibility index (Phi) is 5.00. The van der Waals surface area contributed by atoms with E-state index >= 15 is 0 Å². The molecule has 0 saturated heterocycles. The number of rotatable bonds is 4. The zero-order valence-corrected chi connectivity index (χ0v) is 20.7. The van der Waals surface area contributed by atoms with E-state index in [0.717, 1.165) is 11.1 Å². The van der Waals surface area contributed by atoms with Crippen LogP contribution in [0.15, 0.2) is 104 Å². The van der Waals surface area contributed by atoms with Crippen LogP contribution in [0.1, 0.15) is 50.1 Å². The normalized spacial score (nSPS) is 19.1. The molecule has 0 spiro atoms. The predicted octanol–water partition coefficient (Wildman–Crippen LogP) is 8.89. The molecule has 3 aliphatic carbocycles. The van der Waals surface area contributed by atoms with Gasteiger partial charge in [-0.25, -0.2) is 0 Å². The van der Waals surface area contributed by atoms with Crippen molar-refractivity contribution in [2.75, 3.05) is 0 Å². The first kappa shape index (κ1) is 21.6. The Bertz CT molecular complexity index is 1550. The molecule has 0 heterocycles. The Morgan fingerprint density at radius 2 is 1.20 bits per heavy atom. The third-order valence-corrected chi connectivity index (χ3v) is 7.89. The molecule has 3 aromatic carbocycles. The molecular weight excluding hydrogens is 420 g/mol. The maximum Gasteiger partial charge on any atom is 0.0199 e. The fraction of sp³-hybridized carbons (Fsp3) is 0.143. The number of benzene rings is 3. The summed E-state index contributed by atoms with van der Waals surface area (Å²) in [6.45, 7) is 15.8. The van der Waals surface area contributed by atoms with E-state index in [9.17, 15) is 0 Å². The summed E-state index contributed by atoms with van der Waals surface area (Å²) in [5.74, 6) is 0.833. The van der Waals surface area contributed by atoms with Gasteiger partial charge in [-0.15, -0.1) is 0 Å². The zero-order chi connectivity index (χ0) is 24.3. The molecule has 0 saturated carbocycles. The van der Waals surface area contributed by atoms with E-state index in [0.29, 0.717) is 11.8 Å². The van der Waals surface area contributed by atoms with Gasteiger partial charge in [-0.1, -0.05) is 97.6 Å². The molecule has 0 heteroatoms. The highest BCUT2D eigenvalue weighted by molar-refractivity contribution is 6.01. The van der Waals surface area contributed by atoms with E-state index in [4.69, 9.17) is 0 Å². The van der Waals surface area contributed by atoms with E-state index in [2.05, 4.69) is 125 Å². The first-order valence-corrected chi connectivity index (χ1v) is 12.4. The van der Waals surface area contributed by atoms with Crippen LogP contribution in [0.3, 0.4) is 0 Å². The maximum absolute atomic E-state index is 4.65.